The molecule has 0 spiro atoms. The molecule has 5 heteroatoms. The molecule has 5 atom stereocenters. The highest BCUT2D eigenvalue weighted by molar-refractivity contribution is 5.84. The molecule has 2 rings (SSSR count). The average Bonchev–Trinajstić information content (AvgIpc) is 2.69. The number of methoxy groups -OCH3 is 1. The standard InChI is InChI=1S/C12H16O5/c1-6(13)8-4-3-7-5-17-12(15)9(7)10(8)11(14)16-2/h3-4,6-10,13H,5H2,1-2H3/t6-,7-,8+,9-,10+/m0/s1. The summed E-state index contributed by atoms with van der Waals surface area (Å²) < 4.78 is 9.71. The lowest BCUT2D eigenvalue weighted by Gasteiger charge is -2.33. The molecule has 94 valence electrons. The average molecular weight is 240 g/mol. The zero-order chi connectivity index (χ0) is 12.6. The van der Waals surface area contributed by atoms with Crippen LogP contribution in [0.2, 0.25) is 0 Å². The molecule has 0 saturated carbocycles. The molecule has 0 aromatic heterocycles. The maximum Gasteiger partial charge on any atom is 0.310 e. The summed E-state index contributed by atoms with van der Waals surface area (Å²) >= 11 is 0. The highest BCUT2D eigenvalue weighted by Crippen LogP contribution is 2.40. The summed E-state index contributed by atoms with van der Waals surface area (Å²) in [5.41, 5.74) is 0. The van der Waals surface area contributed by atoms with Crippen LogP contribution in [0.5, 0.6) is 0 Å². The Kier molecular flexibility index (Phi) is 3.19. The van der Waals surface area contributed by atoms with Gasteiger partial charge in [0.2, 0.25) is 0 Å². The summed E-state index contributed by atoms with van der Waals surface area (Å²) in [4.78, 5) is 23.5. The topological polar surface area (TPSA) is 72.8 Å². The van der Waals surface area contributed by atoms with E-state index in [2.05, 4.69) is 0 Å². The molecule has 1 aliphatic heterocycles. The zero-order valence-corrected chi connectivity index (χ0v) is 9.83. The van der Waals surface area contributed by atoms with E-state index in [0.29, 0.717) is 6.61 Å². The van der Waals surface area contributed by atoms with Crippen molar-refractivity contribution in [1.29, 1.82) is 0 Å². The molecule has 0 radical (unpaired) electrons. The number of esters is 2. The van der Waals surface area contributed by atoms with E-state index < -0.39 is 29.8 Å². The van der Waals surface area contributed by atoms with Gasteiger partial charge in [-0.15, -0.1) is 0 Å². The fraction of sp³-hybridized carbons (Fsp3) is 0.667. The first-order valence-corrected chi connectivity index (χ1v) is 5.67. The first-order valence-electron chi connectivity index (χ1n) is 5.67. The van der Waals surface area contributed by atoms with Crippen LogP contribution in [0, 0.1) is 23.7 Å². The number of cyclic esters (lactones) is 1. The van der Waals surface area contributed by atoms with Gasteiger partial charge in [-0.05, 0) is 6.92 Å². The zero-order valence-electron chi connectivity index (χ0n) is 9.83. The fourth-order valence-corrected chi connectivity index (χ4v) is 2.67. The first-order chi connectivity index (χ1) is 8.06. The lowest BCUT2D eigenvalue weighted by atomic mass is 9.70. The molecule has 1 N–H and O–H groups in total. The molecule has 0 aromatic rings. The molecule has 17 heavy (non-hydrogen) atoms. The molecule has 1 saturated heterocycles. The fourth-order valence-electron chi connectivity index (χ4n) is 2.67. The van der Waals surface area contributed by atoms with Crippen molar-refractivity contribution in [2.45, 2.75) is 13.0 Å². The molecule has 0 unspecified atom stereocenters. The lowest BCUT2D eigenvalue weighted by Crippen LogP contribution is -2.42. The maximum atomic E-state index is 11.8. The van der Waals surface area contributed by atoms with Crippen molar-refractivity contribution in [3.05, 3.63) is 12.2 Å². The number of carbonyl (C=O) groups is 2. The van der Waals surface area contributed by atoms with Gasteiger partial charge < -0.3 is 14.6 Å². The van der Waals surface area contributed by atoms with Gasteiger partial charge in [0.05, 0.1) is 31.7 Å². The van der Waals surface area contributed by atoms with Crippen molar-refractivity contribution in [1.82, 2.24) is 0 Å². The van der Waals surface area contributed by atoms with Crippen LogP contribution in [0.15, 0.2) is 12.2 Å². The van der Waals surface area contributed by atoms with Crippen molar-refractivity contribution < 1.29 is 24.2 Å². The molecule has 0 bridgehead atoms. The van der Waals surface area contributed by atoms with Crippen molar-refractivity contribution in [2.24, 2.45) is 23.7 Å². The molecule has 0 amide bonds. The van der Waals surface area contributed by atoms with Gasteiger partial charge in [-0.2, -0.15) is 0 Å². The van der Waals surface area contributed by atoms with E-state index in [1.165, 1.54) is 7.11 Å². The van der Waals surface area contributed by atoms with Crippen molar-refractivity contribution in [3.63, 3.8) is 0 Å². The van der Waals surface area contributed by atoms with Crippen molar-refractivity contribution >= 4 is 11.9 Å². The Hall–Kier alpha value is -1.36. The largest absolute Gasteiger partial charge is 0.469 e. The molecule has 0 aromatic carbocycles. The Morgan fingerprint density at radius 1 is 1.59 bits per heavy atom. The summed E-state index contributed by atoms with van der Waals surface area (Å²) in [7, 11) is 1.29. The summed E-state index contributed by atoms with van der Waals surface area (Å²) in [5, 5.41) is 9.69. The van der Waals surface area contributed by atoms with E-state index in [-0.39, 0.29) is 11.9 Å². The molecule has 1 aliphatic carbocycles. The van der Waals surface area contributed by atoms with Crippen LogP contribution in [0.25, 0.3) is 0 Å². The van der Waals surface area contributed by atoms with Crippen LogP contribution in [0.1, 0.15) is 6.92 Å². The monoisotopic (exact) mass is 240 g/mol. The van der Waals surface area contributed by atoms with Crippen LogP contribution in [-0.2, 0) is 19.1 Å². The lowest BCUT2D eigenvalue weighted by molar-refractivity contribution is -0.157. The maximum absolute atomic E-state index is 11.8. The van der Waals surface area contributed by atoms with E-state index in [0.717, 1.165) is 0 Å². The van der Waals surface area contributed by atoms with E-state index in [1.807, 2.05) is 6.08 Å². The predicted octanol–water partition coefficient (Wildman–Crippen LogP) is 0.132. The smallest absolute Gasteiger partial charge is 0.310 e. The van der Waals surface area contributed by atoms with Crippen LogP contribution in [0.3, 0.4) is 0 Å². The quantitative estimate of drug-likeness (QED) is 0.548. The Morgan fingerprint density at radius 3 is 2.88 bits per heavy atom. The Bertz CT molecular complexity index is 360. The summed E-state index contributed by atoms with van der Waals surface area (Å²) in [5.74, 6) is -2.48. The number of aliphatic hydroxyl groups is 1. The van der Waals surface area contributed by atoms with Gasteiger partial charge in [-0.3, -0.25) is 9.59 Å². The predicted molar refractivity (Wildman–Crippen MR) is 57.8 cm³/mol. The van der Waals surface area contributed by atoms with Gasteiger partial charge in [0.25, 0.3) is 0 Å². The van der Waals surface area contributed by atoms with E-state index in [4.69, 9.17) is 9.47 Å². The summed E-state index contributed by atoms with van der Waals surface area (Å²) in [6, 6.07) is 0. The van der Waals surface area contributed by atoms with E-state index in [1.54, 1.807) is 13.0 Å². The SMILES string of the molecule is COC(=O)[C@@H]1[C@@H]([C@H](C)O)C=C[C@H]2COC(=O)[C@H]12. The van der Waals surface area contributed by atoms with Crippen molar-refractivity contribution in [2.75, 3.05) is 13.7 Å². The molecule has 2 aliphatic rings. The first kappa shape index (κ1) is 12.1. The number of rotatable bonds is 2. The van der Waals surface area contributed by atoms with Gasteiger partial charge in [0.15, 0.2) is 0 Å². The minimum Gasteiger partial charge on any atom is -0.469 e. The van der Waals surface area contributed by atoms with Gasteiger partial charge >= 0.3 is 11.9 Å². The van der Waals surface area contributed by atoms with Gasteiger partial charge in [-0.1, -0.05) is 12.2 Å². The third-order valence-electron chi connectivity index (χ3n) is 3.56. The minimum atomic E-state index is -0.704. The third-order valence-corrected chi connectivity index (χ3v) is 3.56. The second-order valence-electron chi connectivity index (χ2n) is 4.57. The number of fused-ring (bicyclic) bond motifs is 1. The number of hydrogen-bond acceptors (Lipinski definition) is 5. The van der Waals surface area contributed by atoms with E-state index >= 15 is 0 Å². The number of hydrogen-bond donors (Lipinski definition) is 1. The second kappa shape index (κ2) is 4.49. The van der Waals surface area contributed by atoms with Gasteiger partial charge in [0.1, 0.15) is 0 Å². The molecule has 5 nitrogen and oxygen atoms in total. The third kappa shape index (κ3) is 1.95. The highest BCUT2D eigenvalue weighted by Gasteiger charge is 2.50. The van der Waals surface area contributed by atoms with Crippen LogP contribution in [0.4, 0.5) is 0 Å². The normalized spacial score (nSPS) is 37.2. The Morgan fingerprint density at radius 2 is 2.29 bits per heavy atom. The number of aliphatic hydroxyl groups excluding tert-OH is 1. The molecular weight excluding hydrogens is 224 g/mol. The Balaban J connectivity index is 2.34. The summed E-state index contributed by atoms with van der Waals surface area (Å²) in [6.45, 7) is 1.91. The number of carbonyl (C=O) groups excluding carboxylic acids is 2. The summed E-state index contributed by atoms with van der Waals surface area (Å²) in [6.07, 6.45) is 2.94. The van der Waals surface area contributed by atoms with Crippen molar-refractivity contribution in [3.8, 4) is 0 Å². The van der Waals surface area contributed by atoms with Crippen LogP contribution < -0.4 is 0 Å². The Labute approximate surface area is 99.4 Å². The van der Waals surface area contributed by atoms with Crippen LogP contribution >= 0.6 is 0 Å². The highest BCUT2D eigenvalue weighted by atomic mass is 16.5. The number of ether oxygens (including phenoxy) is 2. The molecular formula is C12H16O5. The molecule has 1 fully saturated rings. The van der Waals surface area contributed by atoms with Crippen LogP contribution in [-0.4, -0.2) is 36.9 Å². The second-order valence-corrected chi connectivity index (χ2v) is 4.57. The van der Waals surface area contributed by atoms with E-state index in [9.17, 15) is 14.7 Å². The van der Waals surface area contributed by atoms with Gasteiger partial charge in [0, 0.05) is 11.8 Å². The molecule has 1 heterocycles. The minimum absolute atomic E-state index is 0.0819. The van der Waals surface area contributed by atoms with Gasteiger partial charge in [-0.25, -0.2) is 0 Å².